The Labute approximate surface area is 135 Å². The normalized spacial score (nSPS) is 22.7. The highest BCUT2D eigenvalue weighted by Crippen LogP contribution is 2.44. The van der Waals surface area contributed by atoms with Crippen LogP contribution in [0.4, 0.5) is 0 Å². The molecule has 118 valence electrons. The summed E-state index contributed by atoms with van der Waals surface area (Å²) in [4.78, 5) is 12.2. The molecule has 2 N–H and O–H groups in total. The number of hydrogen-bond acceptors (Lipinski definition) is 4. The number of fused-ring (bicyclic) bond motifs is 3. The van der Waals surface area contributed by atoms with Crippen molar-refractivity contribution >= 4 is 5.97 Å². The summed E-state index contributed by atoms with van der Waals surface area (Å²) < 4.78 is 5.56. The molecule has 2 aromatic rings. The molecule has 0 unspecified atom stereocenters. The highest BCUT2D eigenvalue weighted by molar-refractivity contribution is 5.80. The molecule has 23 heavy (non-hydrogen) atoms. The molecule has 1 aliphatic heterocycles. The van der Waals surface area contributed by atoms with Crippen LogP contribution >= 0.6 is 0 Å². The first-order valence-electron chi connectivity index (χ1n) is 8.00. The van der Waals surface area contributed by atoms with Crippen molar-refractivity contribution in [3.63, 3.8) is 0 Å². The van der Waals surface area contributed by atoms with Crippen LogP contribution < -0.4 is 5.32 Å². The first-order valence-corrected chi connectivity index (χ1v) is 8.00. The summed E-state index contributed by atoms with van der Waals surface area (Å²) in [6.45, 7) is 0.788. The van der Waals surface area contributed by atoms with Crippen LogP contribution in [0.5, 0.6) is 0 Å². The fourth-order valence-corrected chi connectivity index (χ4v) is 3.60. The number of carbonyl (C=O) groups excluding carboxylic acids is 1. The summed E-state index contributed by atoms with van der Waals surface area (Å²) >= 11 is 0. The Morgan fingerprint density at radius 1 is 1.09 bits per heavy atom. The van der Waals surface area contributed by atoms with Crippen LogP contribution in [0.3, 0.4) is 0 Å². The lowest BCUT2D eigenvalue weighted by Gasteiger charge is -2.16. The van der Waals surface area contributed by atoms with Gasteiger partial charge >= 0.3 is 5.97 Å². The zero-order chi connectivity index (χ0) is 15.8. The molecular formula is C19H19NO3. The molecule has 2 aromatic carbocycles. The molecule has 1 fully saturated rings. The average Bonchev–Trinajstić information content (AvgIpc) is 3.15. The highest BCUT2D eigenvalue weighted by Gasteiger charge is 2.32. The van der Waals surface area contributed by atoms with Gasteiger partial charge in [-0.3, -0.25) is 4.79 Å². The van der Waals surface area contributed by atoms with Gasteiger partial charge in [0, 0.05) is 18.9 Å². The second-order valence-corrected chi connectivity index (χ2v) is 6.21. The SMILES string of the molecule is O=C(OCC1c2ccccc2-c2ccccc21)[C@@H]1C[C@@H](O)CN1. The zero-order valence-electron chi connectivity index (χ0n) is 12.7. The van der Waals surface area contributed by atoms with Gasteiger partial charge in [-0.15, -0.1) is 0 Å². The van der Waals surface area contributed by atoms with Crippen molar-refractivity contribution in [1.29, 1.82) is 0 Å². The number of rotatable bonds is 3. The first-order chi connectivity index (χ1) is 11.2. The van der Waals surface area contributed by atoms with Gasteiger partial charge in [0.05, 0.1) is 6.10 Å². The summed E-state index contributed by atoms with van der Waals surface area (Å²) in [7, 11) is 0. The van der Waals surface area contributed by atoms with Gasteiger partial charge in [0.15, 0.2) is 0 Å². The van der Waals surface area contributed by atoms with Crippen molar-refractivity contribution in [3.05, 3.63) is 59.7 Å². The molecule has 2 atom stereocenters. The van der Waals surface area contributed by atoms with Crippen molar-refractivity contribution in [2.45, 2.75) is 24.5 Å². The Morgan fingerprint density at radius 3 is 2.26 bits per heavy atom. The van der Waals surface area contributed by atoms with E-state index in [1.54, 1.807) is 0 Å². The molecule has 0 bridgehead atoms. The lowest BCUT2D eigenvalue weighted by atomic mass is 9.98. The predicted molar refractivity (Wildman–Crippen MR) is 87.1 cm³/mol. The lowest BCUT2D eigenvalue weighted by molar-refractivity contribution is -0.146. The average molecular weight is 309 g/mol. The first kappa shape index (κ1) is 14.4. The quantitative estimate of drug-likeness (QED) is 0.852. The number of nitrogens with one attached hydrogen (secondary N) is 1. The van der Waals surface area contributed by atoms with E-state index in [1.807, 2.05) is 24.3 Å². The third kappa shape index (κ3) is 2.54. The number of aliphatic hydroxyl groups is 1. The highest BCUT2D eigenvalue weighted by atomic mass is 16.5. The van der Waals surface area contributed by atoms with Crippen molar-refractivity contribution in [2.75, 3.05) is 13.2 Å². The number of aliphatic hydroxyl groups excluding tert-OH is 1. The van der Waals surface area contributed by atoms with Gasteiger partial charge in [0.2, 0.25) is 0 Å². The van der Waals surface area contributed by atoms with Crippen LogP contribution in [0, 0.1) is 0 Å². The molecule has 0 amide bonds. The molecule has 0 radical (unpaired) electrons. The summed E-state index contributed by atoms with van der Waals surface area (Å²) in [6.07, 6.45) is -0.0306. The van der Waals surface area contributed by atoms with Crippen LogP contribution in [0.2, 0.25) is 0 Å². The standard InChI is InChI=1S/C19H19NO3/c21-12-9-18(20-10-12)19(22)23-11-17-15-7-3-1-5-13(15)14-6-2-4-8-16(14)17/h1-8,12,17-18,20-21H,9-11H2/t12-,18+/m1/s1. The van der Waals surface area contributed by atoms with E-state index in [0.717, 1.165) is 0 Å². The van der Waals surface area contributed by atoms with Crippen molar-refractivity contribution in [1.82, 2.24) is 5.32 Å². The molecule has 1 aliphatic carbocycles. The summed E-state index contributed by atoms with van der Waals surface area (Å²) in [5, 5.41) is 12.5. The molecule has 2 aliphatic rings. The molecule has 1 heterocycles. The van der Waals surface area contributed by atoms with Gasteiger partial charge < -0.3 is 15.2 Å². The van der Waals surface area contributed by atoms with Gasteiger partial charge in [-0.05, 0) is 22.3 Å². The van der Waals surface area contributed by atoms with E-state index in [0.29, 0.717) is 19.6 Å². The van der Waals surface area contributed by atoms with E-state index >= 15 is 0 Å². The monoisotopic (exact) mass is 309 g/mol. The third-order valence-electron chi connectivity index (χ3n) is 4.75. The second-order valence-electron chi connectivity index (χ2n) is 6.21. The molecule has 0 saturated carbocycles. The second kappa shape index (κ2) is 5.80. The molecule has 4 heteroatoms. The molecule has 1 saturated heterocycles. The van der Waals surface area contributed by atoms with E-state index in [9.17, 15) is 9.90 Å². The summed E-state index contributed by atoms with van der Waals surface area (Å²) in [6, 6.07) is 16.2. The van der Waals surface area contributed by atoms with Gasteiger partial charge in [0.1, 0.15) is 12.6 Å². The van der Waals surface area contributed by atoms with Crippen LogP contribution in [-0.2, 0) is 9.53 Å². The number of ether oxygens (including phenoxy) is 1. The van der Waals surface area contributed by atoms with Crippen LogP contribution in [0.1, 0.15) is 23.5 Å². The Balaban J connectivity index is 1.54. The van der Waals surface area contributed by atoms with Crippen LogP contribution in [0.15, 0.2) is 48.5 Å². The van der Waals surface area contributed by atoms with Gasteiger partial charge in [-0.1, -0.05) is 48.5 Å². The maximum Gasteiger partial charge on any atom is 0.323 e. The maximum absolute atomic E-state index is 12.2. The number of benzene rings is 2. The largest absolute Gasteiger partial charge is 0.464 e. The number of hydrogen-bond donors (Lipinski definition) is 2. The fourth-order valence-electron chi connectivity index (χ4n) is 3.60. The molecule has 0 spiro atoms. The van der Waals surface area contributed by atoms with Gasteiger partial charge in [-0.25, -0.2) is 0 Å². The topological polar surface area (TPSA) is 58.6 Å². The van der Waals surface area contributed by atoms with Crippen molar-refractivity contribution in [3.8, 4) is 11.1 Å². The molecule has 0 aromatic heterocycles. The minimum Gasteiger partial charge on any atom is -0.464 e. The third-order valence-corrected chi connectivity index (χ3v) is 4.75. The van der Waals surface area contributed by atoms with Crippen molar-refractivity contribution < 1.29 is 14.6 Å². The fraction of sp³-hybridized carbons (Fsp3) is 0.316. The predicted octanol–water partition coefficient (Wildman–Crippen LogP) is 2.06. The maximum atomic E-state index is 12.2. The van der Waals surface area contributed by atoms with E-state index in [1.165, 1.54) is 22.3 Å². The Morgan fingerprint density at radius 2 is 1.70 bits per heavy atom. The minimum absolute atomic E-state index is 0.0812. The van der Waals surface area contributed by atoms with E-state index in [2.05, 4.69) is 29.6 Å². The van der Waals surface area contributed by atoms with Gasteiger partial charge in [0.25, 0.3) is 0 Å². The smallest absolute Gasteiger partial charge is 0.323 e. The molecule has 4 rings (SSSR count). The lowest BCUT2D eigenvalue weighted by Crippen LogP contribution is -2.33. The summed E-state index contributed by atoms with van der Waals surface area (Å²) in [5.74, 6) is -0.193. The van der Waals surface area contributed by atoms with E-state index in [4.69, 9.17) is 4.74 Å². The van der Waals surface area contributed by atoms with Crippen LogP contribution in [0.25, 0.3) is 11.1 Å². The van der Waals surface area contributed by atoms with E-state index < -0.39 is 12.1 Å². The summed E-state index contributed by atoms with van der Waals surface area (Å²) in [5.41, 5.74) is 4.86. The number of β-amino-alcohol motifs (C(OH)–C–C–N with tert-alkyl or cyclic N) is 1. The Bertz CT molecular complexity index is 697. The molecular weight excluding hydrogens is 290 g/mol. The Kier molecular flexibility index (Phi) is 3.63. The molecule has 4 nitrogen and oxygen atoms in total. The number of esters is 1. The minimum atomic E-state index is -0.458. The van der Waals surface area contributed by atoms with Gasteiger partial charge in [-0.2, -0.15) is 0 Å². The Hall–Kier alpha value is -2.17. The number of carbonyl (C=O) groups is 1. The van der Waals surface area contributed by atoms with Crippen LogP contribution in [-0.4, -0.2) is 36.4 Å². The zero-order valence-corrected chi connectivity index (χ0v) is 12.7. The van der Waals surface area contributed by atoms with Crippen molar-refractivity contribution in [2.24, 2.45) is 0 Å². The van der Waals surface area contributed by atoms with E-state index in [-0.39, 0.29) is 11.9 Å².